The molecule has 6 nitrogen and oxygen atoms in total. The molecule has 0 aliphatic rings. The van der Waals surface area contributed by atoms with Gasteiger partial charge in [-0.3, -0.25) is 0 Å². The van der Waals surface area contributed by atoms with Gasteiger partial charge in [-0.1, -0.05) is 39.8 Å². The molecule has 0 aliphatic heterocycles. The molecule has 0 saturated heterocycles. The molecule has 25 heavy (non-hydrogen) atoms. The number of hydrogen-bond donors (Lipinski definition) is 5. The van der Waals surface area contributed by atoms with Crippen LogP contribution >= 0.6 is 0 Å². The number of nitrogens with zero attached hydrogens (tertiary/aromatic N) is 1. The number of hydrazine groups is 1. The summed E-state index contributed by atoms with van der Waals surface area (Å²) in [7, 11) is 1.84. The highest BCUT2D eigenvalue weighted by molar-refractivity contribution is 5.27. The first-order valence-corrected chi connectivity index (χ1v) is 8.78. The SMILES string of the molecule is CC/C=C(\C(N)=C/CNCC(/C=C\NC)=C/CO)N(N)CC(C)(C)C. The molecule has 0 rings (SSSR count). The van der Waals surface area contributed by atoms with Gasteiger partial charge < -0.3 is 26.5 Å². The van der Waals surface area contributed by atoms with Gasteiger partial charge in [0, 0.05) is 26.7 Å². The first-order valence-electron chi connectivity index (χ1n) is 8.78. The van der Waals surface area contributed by atoms with Crippen LogP contribution in [0.4, 0.5) is 0 Å². The summed E-state index contributed by atoms with van der Waals surface area (Å²) in [6, 6.07) is 0. The van der Waals surface area contributed by atoms with Gasteiger partial charge in [0.25, 0.3) is 0 Å². The molecule has 0 bridgehead atoms. The summed E-state index contributed by atoms with van der Waals surface area (Å²) >= 11 is 0. The maximum atomic E-state index is 9.05. The van der Waals surface area contributed by atoms with Crippen LogP contribution in [-0.2, 0) is 0 Å². The Balaban J connectivity index is 4.77. The summed E-state index contributed by atoms with van der Waals surface area (Å²) in [5.41, 5.74) is 8.85. The van der Waals surface area contributed by atoms with Crippen molar-refractivity contribution in [3.8, 4) is 0 Å². The van der Waals surface area contributed by atoms with E-state index < -0.39 is 0 Å². The van der Waals surface area contributed by atoms with Crippen molar-refractivity contribution < 1.29 is 5.11 Å². The fourth-order valence-electron chi connectivity index (χ4n) is 2.20. The van der Waals surface area contributed by atoms with Gasteiger partial charge in [0.05, 0.1) is 18.0 Å². The summed E-state index contributed by atoms with van der Waals surface area (Å²) < 4.78 is 0. The van der Waals surface area contributed by atoms with E-state index in [2.05, 4.69) is 38.3 Å². The van der Waals surface area contributed by atoms with Crippen molar-refractivity contribution in [3.05, 3.63) is 47.5 Å². The first-order chi connectivity index (χ1) is 11.7. The Morgan fingerprint density at radius 3 is 2.40 bits per heavy atom. The second-order valence-corrected chi connectivity index (χ2v) is 7.06. The van der Waals surface area contributed by atoms with Gasteiger partial charge in [0.1, 0.15) is 0 Å². The Labute approximate surface area is 153 Å². The number of hydrogen-bond acceptors (Lipinski definition) is 6. The van der Waals surface area contributed by atoms with E-state index >= 15 is 0 Å². The van der Waals surface area contributed by atoms with Gasteiger partial charge in [0.2, 0.25) is 0 Å². The van der Waals surface area contributed by atoms with Crippen molar-refractivity contribution in [2.24, 2.45) is 17.0 Å². The van der Waals surface area contributed by atoms with Crippen LogP contribution in [0.5, 0.6) is 0 Å². The highest BCUT2D eigenvalue weighted by Crippen LogP contribution is 2.18. The molecular weight excluding hydrogens is 314 g/mol. The lowest BCUT2D eigenvalue weighted by atomic mass is 9.96. The lowest BCUT2D eigenvalue weighted by molar-refractivity contribution is 0.241. The van der Waals surface area contributed by atoms with Crippen molar-refractivity contribution in [3.63, 3.8) is 0 Å². The van der Waals surface area contributed by atoms with Gasteiger partial charge in [-0.25, -0.2) is 5.84 Å². The third kappa shape index (κ3) is 11.4. The van der Waals surface area contributed by atoms with Gasteiger partial charge in [-0.05, 0) is 35.8 Å². The van der Waals surface area contributed by atoms with Gasteiger partial charge in [-0.15, -0.1) is 0 Å². The van der Waals surface area contributed by atoms with Crippen molar-refractivity contribution >= 4 is 0 Å². The molecule has 7 N–H and O–H groups in total. The lowest BCUT2D eigenvalue weighted by Crippen LogP contribution is -2.39. The molecule has 0 saturated carbocycles. The maximum absolute atomic E-state index is 9.05. The van der Waals surface area contributed by atoms with Crippen LogP contribution in [0.15, 0.2) is 47.5 Å². The average molecular weight is 352 g/mol. The van der Waals surface area contributed by atoms with Gasteiger partial charge in [-0.2, -0.15) is 0 Å². The van der Waals surface area contributed by atoms with E-state index in [1.54, 1.807) is 11.1 Å². The molecule has 0 spiro atoms. The summed E-state index contributed by atoms with van der Waals surface area (Å²) in [6.45, 7) is 10.5. The number of nitrogens with one attached hydrogen (secondary N) is 2. The summed E-state index contributed by atoms with van der Waals surface area (Å²) in [5.74, 6) is 6.21. The molecule has 0 aromatic carbocycles. The van der Waals surface area contributed by atoms with Crippen LogP contribution in [-0.4, -0.2) is 43.4 Å². The smallest absolute Gasteiger partial charge is 0.0704 e. The Morgan fingerprint density at radius 1 is 1.20 bits per heavy atom. The average Bonchev–Trinajstić information content (AvgIpc) is 2.52. The van der Waals surface area contributed by atoms with Crippen LogP contribution in [0.1, 0.15) is 34.1 Å². The van der Waals surface area contributed by atoms with Gasteiger partial charge >= 0.3 is 0 Å². The zero-order valence-electron chi connectivity index (χ0n) is 16.5. The number of nitrogens with two attached hydrogens (primary N) is 2. The van der Waals surface area contributed by atoms with E-state index in [0.29, 0.717) is 18.8 Å². The summed E-state index contributed by atoms with van der Waals surface area (Å²) in [6.07, 6.45) is 10.4. The van der Waals surface area contributed by atoms with Crippen LogP contribution in [0.3, 0.4) is 0 Å². The number of rotatable bonds is 11. The molecule has 0 radical (unpaired) electrons. The van der Waals surface area contributed by atoms with E-state index in [-0.39, 0.29) is 12.0 Å². The standard InChI is InChI=1S/C19H37N5O/c1-6-7-18(24(21)15-19(2,3)4)17(20)9-12-23-14-16(10-13-25)8-11-22-5/h7-11,22-23,25H,6,12-15,20-21H2,1-5H3/b11-8-,16-10+,17-9+,18-7+. The van der Waals surface area contributed by atoms with E-state index in [4.69, 9.17) is 16.7 Å². The fourth-order valence-corrected chi connectivity index (χ4v) is 2.20. The minimum Gasteiger partial charge on any atom is -0.397 e. The predicted molar refractivity (Wildman–Crippen MR) is 107 cm³/mol. The van der Waals surface area contributed by atoms with Crippen molar-refractivity contribution in [2.75, 3.05) is 33.3 Å². The molecule has 0 heterocycles. The second-order valence-electron chi connectivity index (χ2n) is 7.06. The molecule has 0 atom stereocenters. The highest BCUT2D eigenvalue weighted by atomic mass is 16.2. The van der Waals surface area contributed by atoms with E-state index in [0.717, 1.165) is 24.2 Å². The lowest BCUT2D eigenvalue weighted by Gasteiger charge is -2.29. The number of allylic oxidation sites excluding steroid dienone is 1. The summed E-state index contributed by atoms with van der Waals surface area (Å²) in [5, 5.41) is 17.0. The normalized spacial score (nSPS) is 14.3. The minimum atomic E-state index is 0.0152. The predicted octanol–water partition coefficient (Wildman–Crippen LogP) is 1.59. The minimum absolute atomic E-state index is 0.0152. The molecule has 0 fully saturated rings. The Morgan fingerprint density at radius 2 is 1.88 bits per heavy atom. The third-order valence-corrected chi connectivity index (χ3v) is 3.26. The second kappa shape index (κ2) is 12.6. The van der Waals surface area contributed by atoms with Crippen LogP contribution < -0.4 is 22.2 Å². The van der Waals surface area contributed by atoms with Crippen molar-refractivity contribution in [1.29, 1.82) is 0 Å². The van der Waals surface area contributed by atoms with Crippen LogP contribution in [0.25, 0.3) is 0 Å². The third-order valence-electron chi connectivity index (χ3n) is 3.26. The monoisotopic (exact) mass is 351 g/mol. The van der Waals surface area contributed by atoms with E-state index in [9.17, 15) is 0 Å². The fraction of sp³-hybridized carbons (Fsp3) is 0.579. The Hall–Kier alpha value is -1.76. The quantitative estimate of drug-likeness (QED) is 0.168. The Kier molecular flexibility index (Phi) is 11.7. The van der Waals surface area contributed by atoms with E-state index in [1.807, 2.05) is 31.5 Å². The van der Waals surface area contributed by atoms with Crippen molar-refractivity contribution in [2.45, 2.75) is 34.1 Å². The molecule has 0 aromatic rings. The van der Waals surface area contributed by atoms with Crippen LogP contribution in [0, 0.1) is 5.41 Å². The molecule has 0 amide bonds. The van der Waals surface area contributed by atoms with Crippen LogP contribution in [0.2, 0.25) is 0 Å². The topological polar surface area (TPSA) is 99.6 Å². The Bertz CT molecular complexity index is 487. The highest BCUT2D eigenvalue weighted by Gasteiger charge is 2.17. The van der Waals surface area contributed by atoms with E-state index in [1.165, 1.54) is 0 Å². The molecule has 144 valence electrons. The largest absolute Gasteiger partial charge is 0.397 e. The molecule has 0 aliphatic carbocycles. The molecule has 0 aromatic heterocycles. The molecule has 6 heteroatoms. The summed E-state index contributed by atoms with van der Waals surface area (Å²) in [4.78, 5) is 0. The number of aliphatic hydroxyl groups excluding tert-OH is 1. The zero-order chi connectivity index (χ0) is 19.3. The maximum Gasteiger partial charge on any atom is 0.0704 e. The zero-order valence-corrected chi connectivity index (χ0v) is 16.5. The molecular formula is C19H37N5O. The number of aliphatic hydroxyl groups is 1. The van der Waals surface area contributed by atoms with Gasteiger partial charge in [0.15, 0.2) is 0 Å². The van der Waals surface area contributed by atoms with Crippen molar-refractivity contribution in [1.82, 2.24) is 15.6 Å². The molecule has 0 unspecified atom stereocenters. The first kappa shape index (κ1) is 23.2.